The average Bonchev–Trinajstić information content (AvgIpc) is 2.85. The number of aryl methyl sites for hydroxylation is 2. The number of benzene rings is 2. The van der Waals surface area contributed by atoms with Gasteiger partial charge in [0.2, 0.25) is 11.3 Å². The van der Waals surface area contributed by atoms with Gasteiger partial charge < -0.3 is 10.0 Å². The summed E-state index contributed by atoms with van der Waals surface area (Å²) in [5.74, 6) is -0.518. The number of nitrogens with zero attached hydrogens (tertiary/aromatic N) is 2. The Morgan fingerprint density at radius 2 is 1.86 bits per heavy atom. The van der Waals surface area contributed by atoms with Crippen molar-refractivity contribution in [3.63, 3.8) is 0 Å². The fourth-order valence-electron chi connectivity index (χ4n) is 4.63. The summed E-state index contributed by atoms with van der Waals surface area (Å²) >= 11 is 0. The Hall–Kier alpha value is -4.13. The minimum Gasteiger partial charge on any atom is -0.506 e. The number of allylic oxidation sites excluding steroid dienone is 5. The quantitative estimate of drug-likeness (QED) is 0.352. The lowest BCUT2D eigenvalue weighted by atomic mass is 9.84. The minimum absolute atomic E-state index is 0.0798. The van der Waals surface area contributed by atoms with Crippen LogP contribution in [0, 0.1) is 6.92 Å². The predicted octanol–water partition coefficient (Wildman–Crippen LogP) is 6.21. The maximum atomic E-state index is 13.4. The molecule has 2 aromatic carbocycles. The number of alkyl halides is 3. The number of hydrogen-bond donors (Lipinski definition) is 1. The lowest BCUT2D eigenvalue weighted by Crippen LogP contribution is -2.28. The summed E-state index contributed by atoms with van der Waals surface area (Å²) in [5, 5.41) is 11.7. The number of rotatable bonds is 3. The number of aliphatic hydroxyl groups is 1. The first-order chi connectivity index (χ1) is 17.1. The van der Waals surface area contributed by atoms with Gasteiger partial charge in [-0.15, -0.1) is 0 Å². The van der Waals surface area contributed by atoms with Crippen LogP contribution in [0.4, 0.5) is 18.9 Å². The van der Waals surface area contributed by atoms with Gasteiger partial charge in [-0.3, -0.25) is 4.79 Å². The number of hydrogen-bond acceptors (Lipinski definition) is 3. The Morgan fingerprint density at radius 3 is 2.56 bits per heavy atom. The molecule has 5 rings (SSSR count). The SMILES string of the molecule is CCN1C=C/C(=C\C2=C(O)C(=Cc3cc[n+](C)c4ccc(C)cc34)C2=O)c2cc(C(F)(F)F)ccc21. The number of carbonyl (C=O) groups excluding carboxylic acids is 1. The lowest BCUT2D eigenvalue weighted by molar-refractivity contribution is -0.644. The second-order valence-electron chi connectivity index (χ2n) is 8.98. The van der Waals surface area contributed by atoms with E-state index < -0.39 is 11.7 Å². The number of anilines is 1. The third kappa shape index (κ3) is 3.90. The molecule has 0 saturated carbocycles. The normalized spacial score (nSPS) is 17.8. The van der Waals surface area contributed by atoms with Crippen LogP contribution in [0.1, 0.15) is 29.2 Å². The summed E-state index contributed by atoms with van der Waals surface area (Å²) in [6.45, 7) is 4.46. The molecule has 3 aromatic rings. The van der Waals surface area contributed by atoms with Crippen molar-refractivity contribution in [1.82, 2.24) is 0 Å². The molecule has 1 aromatic heterocycles. The molecule has 0 radical (unpaired) electrons. The van der Waals surface area contributed by atoms with Gasteiger partial charge in [-0.2, -0.15) is 13.2 Å². The fraction of sp³-hybridized carbons (Fsp3) is 0.172. The standard InChI is InChI=1S/C29H23F3N2O2/c1-4-34-12-10-19(22-16-20(29(30,31)32)6-8-26(22)34)15-24-27(35)23(28(24)36)14-18-9-11-33(3)25-7-5-17(2)13-21(18)25/h5-16H,4H2,1-3H3/p+1. The van der Waals surface area contributed by atoms with Gasteiger partial charge in [-0.05, 0) is 67.5 Å². The van der Waals surface area contributed by atoms with E-state index in [4.69, 9.17) is 0 Å². The zero-order chi connectivity index (χ0) is 25.8. The van der Waals surface area contributed by atoms with Gasteiger partial charge in [0.1, 0.15) is 12.8 Å². The van der Waals surface area contributed by atoms with Crippen molar-refractivity contribution in [2.45, 2.75) is 20.0 Å². The molecule has 0 unspecified atom stereocenters. The van der Waals surface area contributed by atoms with E-state index in [1.165, 1.54) is 12.1 Å². The molecule has 182 valence electrons. The molecule has 0 saturated heterocycles. The topological polar surface area (TPSA) is 44.4 Å². The summed E-state index contributed by atoms with van der Waals surface area (Å²) < 4.78 is 42.1. The third-order valence-corrected chi connectivity index (χ3v) is 6.64. The predicted molar refractivity (Wildman–Crippen MR) is 134 cm³/mol. The first-order valence-corrected chi connectivity index (χ1v) is 11.6. The molecular weight excluding hydrogens is 465 g/mol. The van der Waals surface area contributed by atoms with E-state index in [1.807, 2.05) is 60.8 Å². The molecule has 0 fully saturated rings. The highest BCUT2D eigenvalue weighted by Crippen LogP contribution is 2.40. The highest BCUT2D eigenvalue weighted by Gasteiger charge is 2.35. The molecule has 7 heteroatoms. The number of aromatic nitrogens is 1. The molecule has 0 amide bonds. The number of fused-ring (bicyclic) bond motifs is 2. The van der Waals surface area contributed by atoms with Crippen LogP contribution in [0.2, 0.25) is 0 Å². The van der Waals surface area contributed by atoms with Gasteiger partial charge in [0.15, 0.2) is 6.20 Å². The van der Waals surface area contributed by atoms with Crippen LogP contribution in [-0.4, -0.2) is 17.4 Å². The van der Waals surface area contributed by atoms with Crippen molar-refractivity contribution in [1.29, 1.82) is 0 Å². The Balaban J connectivity index is 1.58. The Kier molecular flexibility index (Phi) is 5.58. The third-order valence-electron chi connectivity index (χ3n) is 6.64. The number of ketones is 1. The molecule has 4 nitrogen and oxygen atoms in total. The van der Waals surface area contributed by atoms with E-state index in [0.29, 0.717) is 23.4 Å². The van der Waals surface area contributed by atoms with Crippen molar-refractivity contribution < 1.29 is 27.6 Å². The molecule has 0 spiro atoms. The molecule has 1 N–H and O–H groups in total. The number of aliphatic hydroxyl groups excluding tert-OH is 1. The van der Waals surface area contributed by atoms with Crippen molar-refractivity contribution in [2.75, 3.05) is 11.4 Å². The van der Waals surface area contributed by atoms with Crippen molar-refractivity contribution in [2.24, 2.45) is 7.05 Å². The van der Waals surface area contributed by atoms with E-state index >= 15 is 0 Å². The molecular formula is C29H24F3N2O2+. The average molecular weight is 490 g/mol. The molecule has 2 aliphatic rings. The van der Waals surface area contributed by atoms with Gasteiger partial charge in [-0.1, -0.05) is 11.6 Å². The monoisotopic (exact) mass is 489 g/mol. The highest BCUT2D eigenvalue weighted by atomic mass is 19.4. The summed E-state index contributed by atoms with van der Waals surface area (Å²) in [7, 11) is 1.93. The van der Waals surface area contributed by atoms with Gasteiger partial charge >= 0.3 is 6.18 Å². The molecule has 2 heterocycles. The first kappa shape index (κ1) is 23.6. The number of halogens is 3. The van der Waals surface area contributed by atoms with Crippen LogP contribution in [0.5, 0.6) is 0 Å². The van der Waals surface area contributed by atoms with Crippen LogP contribution in [-0.2, 0) is 18.0 Å². The van der Waals surface area contributed by atoms with E-state index in [0.717, 1.165) is 34.2 Å². The molecule has 36 heavy (non-hydrogen) atoms. The van der Waals surface area contributed by atoms with Crippen LogP contribution < -0.4 is 9.47 Å². The van der Waals surface area contributed by atoms with Crippen molar-refractivity contribution in [3.05, 3.63) is 106 Å². The number of pyridine rings is 1. The van der Waals surface area contributed by atoms with Gasteiger partial charge in [0.25, 0.3) is 0 Å². The summed E-state index contributed by atoms with van der Waals surface area (Å²) in [4.78, 5) is 14.9. The molecule has 0 bridgehead atoms. The maximum Gasteiger partial charge on any atom is 0.416 e. The summed E-state index contributed by atoms with van der Waals surface area (Å²) in [6.07, 6.45) is 3.94. The largest absolute Gasteiger partial charge is 0.506 e. The second kappa shape index (κ2) is 8.52. The van der Waals surface area contributed by atoms with Crippen LogP contribution in [0.25, 0.3) is 22.6 Å². The van der Waals surface area contributed by atoms with Gasteiger partial charge in [-0.25, -0.2) is 4.57 Å². The zero-order valence-electron chi connectivity index (χ0n) is 20.0. The number of carbonyl (C=O) groups is 1. The molecule has 0 atom stereocenters. The fourth-order valence-corrected chi connectivity index (χ4v) is 4.63. The van der Waals surface area contributed by atoms with Gasteiger partial charge in [0.05, 0.1) is 22.1 Å². The summed E-state index contributed by atoms with van der Waals surface area (Å²) in [6, 6.07) is 11.5. The Bertz CT molecular complexity index is 1560. The van der Waals surface area contributed by atoms with Crippen LogP contribution in [0.15, 0.2) is 83.9 Å². The minimum atomic E-state index is -4.49. The first-order valence-electron chi connectivity index (χ1n) is 11.6. The lowest BCUT2D eigenvalue weighted by Gasteiger charge is -2.28. The second-order valence-corrected chi connectivity index (χ2v) is 8.98. The Labute approximate surface area is 206 Å². The van der Waals surface area contributed by atoms with Crippen LogP contribution >= 0.6 is 0 Å². The van der Waals surface area contributed by atoms with E-state index in [9.17, 15) is 23.1 Å². The van der Waals surface area contributed by atoms with Crippen molar-refractivity contribution >= 4 is 34.0 Å². The van der Waals surface area contributed by atoms with E-state index in [1.54, 1.807) is 18.4 Å². The smallest absolute Gasteiger partial charge is 0.416 e. The van der Waals surface area contributed by atoms with Gasteiger partial charge in [0, 0.05) is 36.1 Å². The maximum absolute atomic E-state index is 13.4. The zero-order valence-corrected chi connectivity index (χ0v) is 20.0. The van der Waals surface area contributed by atoms with Crippen molar-refractivity contribution in [3.8, 4) is 0 Å². The van der Waals surface area contributed by atoms with E-state index in [-0.39, 0.29) is 22.7 Å². The van der Waals surface area contributed by atoms with E-state index in [2.05, 4.69) is 0 Å². The molecule has 1 aliphatic heterocycles. The van der Waals surface area contributed by atoms with Crippen LogP contribution in [0.3, 0.4) is 0 Å². The summed E-state index contributed by atoms with van der Waals surface area (Å²) in [5.41, 5.74) is 3.74. The Morgan fingerprint density at radius 1 is 1.08 bits per heavy atom. The molecule has 1 aliphatic carbocycles. The highest BCUT2D eigenvalue weighted by molar-refractivity contribution is 6.24. The number of Topliss-reactive ketones (excluding diaryl/α,β-unsaturated/α-hetero) is 1.